The highest BCUT2D eigenvalue weighted by molar-refractivity contribution is 5.90. The van der Waals surface area contributed by atoms with Crippen molar-refractivity contribution in [3.05, 3.63) is 36.2 Å². The number of anilines is 3. The van der Waals surface area contributed by atoms with Crippen LogP contribution in [0.4, 0.5) is 30.8 Å². The largest absolute Gasteiger partial charge is 0.391 e. The van der Waals surface area contributed by atoms with Crippen LogP contribution in [0.1, 0.15) is 17.1 Å². The topological polar surface area (TPSA) is 136 Å². The maximum Gasteiger partial charge on any atom is 0.391 e. The number of benzene rings is 1. The van der Waals surface area contributed by atoms with Crippen LogP contribution in [-0.2, 0) is 4.74 Å². The van der Waals surface area contributed by atoms with Gasteiger partial charge in [-0.25, -0.2) is 0 Å². The normalized spacial score (nSPS) is 20.9. The number of nitrogen functional groups attached to an aromatic ring is 1. The molecule has 0 spiro atoms. The van der Waals surface area contributed by atoms with E-state index in [9.17, 15) is 18.0 Å². The Morgan fingerprint density at radius 1 is 1.14 bits per heavy atom. The van der Waals surface area contributed by atoms with Gasteiger partial charge in [-0.1, -0.05) is 23.4 Å². The number of amides is 1. The highest BCUT2D eigenvalue weighted by Gasteiger charge is 2.57. The Morgan fingerprint density at radius 3 is 2.56 bits per heavy atom. The first-order valence-electron chi connectivity index (χ1n) is 11.3. The molecule has 0 bridgehead atoms. The Labute approximate surface area is 203 Å². The molecule has 1 aliphatic carbocycles. The summed E-state index contributed by atoms with van der Waals surface area (Å²) in [4.78, 5) is 32.9. The van der Waals surface area contributed by atoms with Crippen molar-refractivity contribution < 1.29 is 27.2 Å². The summed E-state index contributed by atoms with van der Waals surface area (Å²) in [7, 11) is 1.77. The number of ether oxygens (including phenoxy) is 1. The van der Waals surface area contributed by atoms with E-state index in [1.807, 2.05) is 30.3 Å². The van der Waals surface area contributed by atoms with Crippen LogP contribution in [0, 0.1) is 17.8 Å². The quantitative estimate of drug-likeness (QED) is 0.456. The third-order valence-electron chi connectivity index (χ3n) is 6.39. The number of rotatable bonds is 8. The Morgan fingerprint density at radius 2 is 1.86 bits per heavy atom. The highest BCUT2D eigenvalue weighted by Crippen LogP contribution is 2.52. The van der Waals surface area contributed by atoms with E-state index in [1.165, 1.54) is 0 Å². The van der Waals surface area contributed by atoms with Gasteiger partial charge in [-0.05, 0) is 29.9 Å². The standard InChI is InChI=1S/C22H23F3N8O3/c1-32(12-5-3-2-4-6-12)21-29-16(28-20(26)30-21)17-27-18(36-31-17)19(34)33-9-13-14(10-33)15(13)11-35-8-7-22(23,24)25/h2-6,13-15H,7-11H2,1H3,(H2,26,28,29,30)/t13-,14+,15?. The number of nitrogens with two attached hydrogens (primary N) is 1. The number of alkyl halides is 3. The van der Waals surface area contributed by atoms with Gasteiger partial charge in [0.05, 0.1) is 19.6 Å². The van der Waals surface area contributed by atoms with Gasteiger partial charge in [-0.3, -0.25) is 4.79 Å². The summed E-state index contributed by atoms with van der Waals surface area (Å²) in [6, 6.07) is 9.40. The lowest BCUT2D eigenvalue weighted by molar-refractivity contribution is -0.145. The van der Waals surface area contributed by atoms with Crippen molar-refractivity contribution in [2.75, 3.05) is 44.0 Å². The molecule has 3 atom stereocenters. The van der Waals surface area contributed by atoms with Crippen molar-refractivity contribution in [2.45, 2.75) is 12.6 Å². The molecule has 5 rings (SSSR count). The lowest BCUT2D eigenvalue weighted by Gasteiger charge is -2.17. The van der Waals surface area contributed by atoms with Gasteiger partial charge >= 0.3 is 18.0 Å². The van der Waals surface area contributed by atoms with Gasteiger partial charge in [0.15, 0.2) is 0 Å². The zero-order chi connectivity index (χ0) is 25.4. The molecule has 11 nitrogen and oxygen atoms in total. The Bertz CT molecular complexity index is 1230. The number of hydrogen-bond donors (Lipinski definition) is 1. The lowest BCUT2D eigenvalue weighted by atomic mass is 10.2. The molecule has 2 aliphatic rings. The SMILES string of the molecule is CN(c1ccccc1)c1nc(N)nc(-c2noc(C(=O)N3C[C@@H]4C(COCCC(F)(F)F)[C@@H]4C3)n2)n1. The summed E-state index contributed by atoms with van der Waals surface area (Å²) in [5, 5.41) is 3.84. The number of likely N-dealkylation sites (tertiary alicyclic amines) is 1. The maximum absolute atomic E-state index is 12.8. The van der Waals surface area contributed by atoms with Crippen LogP contribution in [0.5, 0.6) is 0 Å². The molecule has 1 unspecified atom stereocenters. The predicted molar refractivity (Wildman–Crippen MR) is 120 cm³/mol. The molecule has 1 aliphatic heterocycles. The van der Waals surface area contributed by atoms with Gasteiger partial charge in [-0.2, -0.15) is 33.1 Å². The third-order valence-corrected chi connectivity index (χ3v) is 6.39. The second-order valence-corrected chi connectivity index (χ2v) is 8.78. The monoisotopic (exact) mass is 504 g/mol. The van der Waals surface area contributed by atoms with E-state index < -0.39 is 18.5 Å². The number of hydrogen-bond acceptors (Lipinski definition) is 10. The molecule has 0 radical (unpaired) electrons. The van der Waals surface area contributed by atoms with Gasteiger partial charge in [0.2, 0.25) is 23.5 Å². The lowest BCUT2D eigenvalue weighted by Crippen LogP contribution is -2.32. The van der Waals surface area contributed by atoms with E-state index in [-0.39, 0.29) is 60.4 Å². The van der Waals surface area contributed by atoms with E-state index in [1.54, 1.807) is 16.8 Å². The van der Waals surface area contributed by atoms with E-state index in [2.05, 4.69) is 25.1 Å². The van der Waals surface area contributed by atoms with Crippen molar-refractivity contribution in [3.63, 3.8) is 0 Å². The van der Waals surface area contributed by atoms with E-state index in [4.69, 9.17) is 15.0 Å². The first kappa shape index (κ1) is 23.9. The van der Waals surface area contributed by atoms with Crippen LogP contribution in [0.15, 0.2) is 34.9 Å². The number of piperidine rings is 1. The third kappa shape index (κ3) is 5.08. The van der Waals surface area contributed by atoms with Crippen LogP contribution >= 0.6 is 0 Å². The first-order valence-corrected chi connectivity index (χ1v) is 11.3. The molecule has 1 saturated carbocycles. The second kappa shape index (κ2) is 9.33. The molecular formula is C22H23F3N8O3. The van der Waals surface area contributed by atoms with Gasteiger partial charge in [-0.15, -0.1) is 0 Å². The number of aromatic nitrogens is 5. The minimum absolute atomic E-state index is 0.00420. The van der Waals surface area contributed by atoms with Crippen LogP contribution in [0.25, 0.3) is 11.6 Å². The molecular weight excluding hydrogens is 481 g/mol. The van der Waals surface area contributed by atoms with E-state index in [0.29, 0.717) is 13.1 Å². The number of nitrogens with zero attached hydrogens (tertiary/aromatic N) is 7. The zero-order valence-electron chi connectivity index (χ0n) is 19.2. The van der Waals surface area contributed by atoms with Crippen LogP contribution in [0.3, 0.4) is 0 Å². The van der Waals surface area contributed by atoms with E-state index >= 15 is 0 Å². The average molecular weight is 504 g/mol. The number of halogens is 3. The summed E-state index contributed by atoms with van der Waals surface area (Å²) in [5.74, 6) is 0.196. The Balaban J connectivity index is 1.19. The fraction of sp³-hybridized carbons (Fsp3) is 0.455. The number of para-hydroxylation sites is 1. The minimum atomic E-state index is -4.22. The van der Waals surface area contributed by atoms with Crippen molar-refractivity contribution in [1.29, 1.82) is 0 Å². The van der Waals surface area contributed by atoms with Gasteiger partial charge in [0, 0.05) is 25.8 Å². The number of carbonyl (C=O) groups is 1. The Hall–Kier alpha value is -3.81. The Kier molecular flexibility index (Phi) is 6.20. The molecule has 14 heteroatoms. The van der Waals surface area contributed by atoms with Crippen molar-refractivity contribution in [1.82, 2.24) is 30.0 Å². The molecule has 1 aromatic carbocycles. The smallest absolute Gasteiger partial charge is 0.381 e. The van der Waals surface area contributed by atoms with Crippen LogP contribution < -0.4 is 10.6 Å². The number of fused-ring (bicyclic) bond motifs is 1. The molecule has 3 heterocycles. The van der Waals surface area contributed by atoms with Gasteiger partial charge in [0.25, 0.3) is 0 Å². The highest BCUT2D eigenvalue weighted by atomic mass is 19.4. The summed E-state index contributed by atoms with van der Waals surface area (Å²) in [5.41, 5.74) is 6.69. The predicted octanol–water partition coefficient (Wildman–Crippen LogP) is 2.56. The molecule has 1 saturated heterocycles. The van der Waals surface area contributed by atoms with Crippen molar-refractivity contribution >= 4 is 23.5 Å². The molecule has 190 valence electrons. The van der Waals surface area contributed by atoms with Gasteiger partial charge < -0.3 is 24.8 Å². The van der Waals surface area contributed by atoms with Crippen molar-refractivity contribution in [3.8, 4) is 11.6 Å². The fourth-order valence-corrected chi connectivity index (χ4v) is 4.40. The summed E-state index contributed by atoms with van der Waals surface area (Å²) in [6.45, 7) is 0.828. The fourth-order valence-electron chi connectivity index (χ4n) is 4.40. The molecule has 3 aromatic rings. The summed E-state index contributed by atoms with van der Waals surface area (Å²) < 4.78 is 47.0. The van der Waals surface area contributed by atoms with Crippen LogP contribution in [0.2, 0.25) is 0 Å². The maximum atomic E-state index is 12.8. The summed E-state index contributed by atoms with van der Waals surface area (Å²) in [6.07, 6.45) is -5.19. The van der Waals surface area contributed by atoms with E-state index in [0.717, 1.165) is 5.69 Å². The zero-order valence-corrected chi connectivity index (χ0v) is 19.2. The molecule has 2 fully saturated rings. The molecule has 2 N–H and O–H groups in total. The van der Waals surface area contributed by atoms with Gasteiger partial charge in [0.1, 0.15) is 0 Å². The average Bonchev–Trinajstić information content (AvgIpc) is 3.22. The summed E-state index contributed by atoms with van der Waals surface area (Å²) >= 11 is 0. The van der Waals surface area contributed by atoms with Crippen molar-refractivity contribution in [2.24, 2.45) is 17.8 Å². The molecule has 2 aromatic heterocycles. The first-order chi connectivity index (χ1) is 17.2. The number of carbonyl (C=O) groups excluding carboxylic acids is 1. The second-order valence-electron chi connectivity index (χ2n) is 8.78. The minimum Gasteiger partial charge on any atom is -0.381 e. The van der Waals surface area contributed by atoms with Crippen LogP contribution in [-0.4, -0.2) is 75.4 Å². The molecule has 1 amide bonds. The molecule has 36 heavy (non-hydrogen) atoms.